The summed E-state index contributed by atoms with van der Waals surface area (Å²) in [6, 6.07) is 3.79. The van der Waals surface area contributed by atoms with Crippen LogP contribution in [0.2, 0.25) is 0 Å². The Morgan fingerprint density at radius 3 is 2.71 bits per heavy atom. The monoisotopic (exact) mass is 477 g/mol. The summed E-state index contributed by atoms with van der Waals surface area (Å²) in [6.07, 6.45) is 17.4. The zero-order chi connectivity index (χ0) is 25.0. The summed E-state index contributed by atoms with van der Waals surface area (Å²) in [6.45, 7) is 11.8. The van der Waals surface area contributed by atoms with Gasteiger partial charge in [0.25, 0.3) is 6.26 Å². The summed E-state index contributed by atoms with van der Waals surface area (Å²) < 4.78 is 16.6. The van der Waals surface area contributed by atoms with Crippen LogP contribution in [0.4, 0.5) is 0 Å². The van der Waals surface area contributed by atoms with Crippen molar-refractivity contribution in [1.29, 1.82) is 5.26 Å². The molecule has 4 rings (SSSR count). The zero-order valence-electron chi connectivity index (χ0n) is 21.7. The van der Waals surface area contributed by atoms with Gasteiger partial charge in [0, 0.05) is 11.9 Å². The fourth-order valence-corrected chi connectivity index (χ4v) is 4.56. The standard InChI is InChI=1S/C27H33N3O3.C2H6/c1-20(2)14-17-31-25-11-9-23-24(29-33-26(23)27(25)32-19-28)10-8-21-12-15-30(16-13-21)18-22-6-4-3-5-7-22;1-2/h4,6-7,9,11,14,21H,3,5,8,10,12-13,15-18H2,1-2H3;1-2H3. The smallest absolute Gasteiger partial charge is 0.292 e. The van der Waals surface area contributed by atoms with Gasteiger partial charge < -0.3 is 14.0 Å². The third kappa shape index (κ3) is 7.47. The molecular formula is C29H39N3O3. The molecule has 188 valence electrons. The first kappa shape index (κ1) is 26.6. The van der Waals surface area contributed by atoms with Crippen LogP contribution in [0, 0.1) is 17.4 Å². The van der Waals surface area contributed by atoms with Gasteiger partial charge in [0.05, 0.1) is 5.69 Å². The predicted molar refractivity (Wildman–Crippen MR) is 140 cm³/mol. The Bertz CT molecular complexity index is 1080. The van der Waals surface area contributed by atoms with Crippen LogP contribution >= 0.6 is 0 Å². The number of benzene rings is 1. The van der Waals surface area contributed by atoms with Crippen molar-refractivity contribution in [3.8, 4) is 17.8 Å². The Hall–Kier alpha value is -3.04. The van der Waals surface area contributed by atoms with Crippen molar-refractivity contribution in [2.75, 3.05) is 26.2 Å². The summed E-state index contributed by atoms with van der Waals surface area (Å²) in [5.41, 5.74) is 4.02. The first-order valence-electron chi connectivity index (χ1n) is 13.0. The SMILES string of the molecule is CC.CC(C)=CCOc1ccc2c(CCC3CCN(CC4=CCCC=C4)CC3)noc2c1OC#N. The van der Waals surface area contributed by atoms with Gasteiger partial charge >= 0.3 is 0 Å². The highest BCUT2D eigenvalue weighted by Crippen LogP contribution is 2.38. The minimum absolute atomic E-state index is 0.301. The van der Waals surface area contributed by atoms with Crippen molar-refractivity contribution in [2.45, 2.75) is 66.2 Å². The van der Waals surface area contributed by atoms with Crippen molar-refractivity contribution < 1.29 is 14.0 Å². The molecule has 2 aliphatic rings. The number of nitrogens with zero attached hydrogens (tertiary/aromatic N) is 3. The van der Waals surface area contributed by atoms with Crippen LogP contribution in [0.1, 0.15) is 65.5 Å². The molecule has 0 unspecified atom stereocenters. The molecule has 1 aromatic heterocycles. The van der Waals surface area contributed by atoms with E-state index in [0.29, 0.717) is 29.6 Å². The van der Waals surface area contributed by atoms with E-state index in [1.165, 1.54) is 31.3 Å². The Morgan fingerprint density at radius 2 is 2.03 bits per heavy atom. The van der Waals surface area contributed by atoms with Gasteiger partial charge in [0.1, 0.15) is 6.61 Å². The lowest BCUT2D eigenvalue weighted by Crippen LogP contribution is -2.35. The van der Waals surface area contributed by atoms with E-state index in [-0.39, 0.29) is 0 Å². The van der Waals surface area contributed by atoms with Gasteiger partial charge in [-0.1, -0.05) is 42.8 Å². The molecule has 0 atom stereocenters. The number of rotatable bonds is 9. The van der Waals surface area contributed by atoms with E-state index in [9.17, 15) is 0 Å². The third-order valence-corrected chi connectivity index (χ3v) is 6.49. The first-order chi connectivity index (χ1) is 17.1. The molecule has 6 nitrogen and oxygen atoms in total. The van der Waals surface area contributed by atoms with Gasteiger partial charge in [-0.05, 0) is 95.2 Å². The van der Waals surface area contributed by atoms with Gasteiger partial charge in [0.15, 0.2) is 5.75 Å². The number of allylic oxidation sites excluding steroid dienone is 3. The number of hydrogen-bond acceptors (Lipinski definition) is 6. The molecular weight excluding hydrogens is 438 g/mol. The van der Waals surface area contributed by atoms with Crippen LogP contribution in [0.5, 0.6) is 11.5 Å². The largest absolute Gasteiger partial charge is 0.485 e. The second kappa shape index (κ2) is 13.7. The van der Waals surface area contributed by atoms with Crippen molar-refractivity contribution in [2.24, 2.45) is 5.92 Å². The predicted octanol–water partition coefficient (Wildman–Crippen LogP) is 6.98. The summed E-state index contributed by atoms with van der Waals surface area (Å²) in [5, 5.41) is 14.3. The van der Waals surface area contributed by atoms with Crippen LogP contribution in [0.25, 0.3) is 11.0 Å². The molecule has 2 aromatic rings. The fourth-order valence-electron chi connectivity index (χ4n) is 4.56. The average Bonchev–Trinajstić information content (AvgIpc) is 3.30. The van der Waals surface area contributed by atoms with Gasteiger partial charge in [-0.15, -0.1) is 5.26 Å². The maximum atomic E-state index is 9.11. The summed E-state index contributed by atoms with van der Waals surface area (Å²) in [4.78, 5) is 2.58. The van der Waals surface area contributed by atoms with Crippen molar-refractivity contribution >= 4 is 11.0 Å². The van der Waals surface area contributed by atoms with Crippen LogP contribution in [0.3, 0.4) is 0 Å². The Morgan fingerprint density at radius 1 is 1.23 bits per heavy atom. The molecule has 0 saturated carbocycles. The van der Waals surface area contributed by atoms with Gasteiger partial charge in [-0.3, -0.25) is 4.90 Å². The molecule has 1 saturated heterocycles. The number of aromatic nitrogens is 1. The fraction of sp³-hybridized carbons (Fsp3) is 0.517. The lowest BCUT2D eigenvalue weighted by molar-refractivity contribution is 0.192. The molecule has 1 fully saturated rings. The van der Waals surface area contributed by atoms with Gasteiger partial charge in [0.2, 0.25) is 11.3 Å². The molecule has 0 bridgehead atoms. The summed E-state index contributed by atoms with van der Waals surface area (Å²) in [5.74, 6) is 1.49. The topological polar surface area (TPSA) is 71.5 Å². The second-order valence-electron chi connectivity index (χ2n) is 9.20. The van der Waals surface area contributed by atoms with Gasteiger partial charge in [-0.2, -0.15) is 0 Å². The quantitative estimate of drug-likeness (QED) is 0.287. The maximum Gasteiger partial charge on any atom is 0.292 e. The lowest BCUT2D eigenvalue weighted by Gasteiger charge is -2.32. The highest BCUT2D eigenvalue weighted by atomic mass is 16.5. The number of aryl methyl sites for hydroxylation is 1. The second-order valence-corrected chi connectivity index (χ2v) is 9.20. The summed E-state index contributed by atoms with van der Waals surface area (Å²) in [7, 11) is 0. The first-order valence-corrected chi connectivity index (χ1v) is 13.0. The molecule has 2 heterocycles. The highest BCUT2D eigenvalue weighted by Gasteiger charge is 2.22. The molecule has 0 radical (unpaired) electrons. The number of ether oxygens (including phenoxy) is 2. The van der Waals surface area contributed by atoms with Crippen molar-refractivity contribution in [1.82, 2.24) is 10.1 Å². The molecule has 6 heteroatoms. The maximum absolute atomic E-state index is 9.11. The Labute approximate surface area is 209 Å². The van der Waals surface area contributed by atoms with E-state index in [2.05, 4.69) is 28.3 Å². The molecule has 0 N–H and O–H groups in total. The number of hydrogen-bond donors (Lipinski definition) is 0. The van der Waals surface area contributed by atoms with E-state index < -0.39 is 0 Å². The van der Waals surface area contributed by atoms with E-state index in [1.807, 2.05) is 45.9 Å². The molecule has 1 aromatic carbocycles. The van der Waals surface area contributed by atoms with E-state index in [4.69, 9.17) is 19.3 Å². The van der Waals surface area contributed by atoms with E-state index >= 15 is 0 Å². The van der Waals surface area contributed by atoms with Crippen LogP contribution in [-0.2, 0) is 6.42 Å². The Kier molecular flexibility index (Phi) is 10.4. The minimum atomic E-state index is 0.301. The van der Waals surface area contributed by atoms with Crippen molar-refractivity contribution in [3.05, 3.63) is 53.3 Å². The van der Waals surface area contributed by atoms with E-state index in [1.54, 1.807) is 6.26 Å². The zero-order valence-corrected chi connectivity index (χ0v) is 21.7. The molecule has 0 spiro atoms. The summed E-state index contributed by atoms with van der Waals surface area (Å²) >= 11 is 0. The molecule has 0 amide bonds. The lowest BCUT2D eigenvalue weighted by atomic mass is 9.91. The number of likely N-dealkylation sites (tertiary alicyclic amines) is 1. The van der Waals surface area contributed by atoms with Crippen LogP contribution in [-0.4, -0.2) is 36.3 Å². The van der Waals surface area contributed by atoms with Crippen molar-refractivity contribution in [3.63, 3.8) is 0 Å². The van der Waals surface area contributed by atoms with Crippen LogP contribution < -0.4 is 9.47 Å². The normalized spacial score (nSPS) is 16.1. The van der Waals surface area contributed by atoms with Crippen LogP contribution in [0.15, 0.2) is 52.1 Å². The third-order valence-electron chi connectivity index (χ3n) is 6.49. The molecule has 1 aliphatic heterocycles. The number of nitriles is 1. The highest BCUT2D eigenvalue weighted by molar-refractivity contribution is 5.87. The molecule has 1 aliphatic carbocycles. The van der Waals surface area contributed by atoms with Gasteiger partial charge in [-0.25, -0.2) is 0 Å². The number of fused-ring (bicyclic) bond motifs is 1. The number of piperidine rings is 1. The minimum Gasteiger partial charge on any atom is -0.485 e. The Balaban J connectivity index is 0.00000167. The average molecular weight is 478 g/mol. The molecule has 35 heavy (non-hydrogen) atoms. The van der Waals surface area contributed by atoms with E-state index in [0.717, 1.165) is 49.1 Å².